The zero-order valence-electron chi connectivity index (χ0n) is 20.5. The first-order chi connectivity index (χ1) is 17.2. The van der Waals surface area contributed by atoms with Crippen LogP contribution in [-0.4, -0.2) is 43.0 Å². The smallest absolute Gasteiger partial charge is 0.408 e. The first-order valence-corrected chi connectivity index (χ1v) is 13.0. The summed E-state index contributed by atoms with van der Waals surface area (Å²) in [6.07, 6.45) is 1.92. The van der Waals surface area contributed by atoms with E-state index in [1.165, 1.54) is 0 Å². The number of halogens is 1. The Kier molecular flexibility index (Phi) is 6.53. The summed E-state index contributed by atoms with van der Waals surface area (Å²) in [5.74, 6) is 1.20. The van der Waals surface area contributed by atoms with Crippen molar-refractivity contribution in [3.05, 3.63) is 76.2 Å². The molecule has 5 rings (SSSR count). The SMILES string of the molecule is Cc1cc(C2=Nn3c(nnc3C(Cc3c[nH]c4ccccc34)NC(=O)OC(C)(C)C)SC2)ccc1Cl. The maximum atomic E-state index is 12.8. The van der Waals surface area contributed by atoms with E-state index in [-0.39, 0.29) is 0 Å². The van der Waals surface area contributed by atoms with E-state index in [0.29, 0.717) is 28.2 Å². The number of benzene rings is 2. The highest BCUT2D eigenvalue weighted by Crippen LogP contribution is 2.30. The molecule has 0 spiro atoms. The van der Waals surface area contributed by atoms with Crippen molar-refractivity contribution >= 4 is 46.1 Å². The van der Waals surface area contributed by atoms with Gasteiger partial charge in [0.05, 0.1) is 11.8 Å². The number of carbonyl (C=O) groups excluding carboxylic acids is 1. The van der Waals surface area contributed by atoms with Crippen LogP contribution in [0.1, 0.15) is 49.3 Å². The molecule has 1 amide bonds. The summed E-state index contributed by atoms with van der Waals surface area (Å²) in [5, 5.41) is 19.2. The second kappa shape index (κ2) is 9.63. The molecule has 0 radical (unpaired) electrons. The maximum Gasteiger partial charge on any atom is 0.408 e. The topological polar surface area (TPSA) is 97.2 Å². The van der Waals surface area contributed by atoms with Gasteiger partial charge in [-0.1, -0.05) is 47.6 Å². The Morgan fingerprint density at radius 3 is 2.83 bits per heavy atom. The number of nitrogens with zero attached hydrogens (tertiary/aromatic N) is 4. The summed E-state index contributed by atoms with van der Waals surface area (Å²) in [5.41, 5.74) is 4.30. The van der Waals surface area contributed by atoms with E-state index in [9.17, 15) is 4.79 Å². The summed E-state index contributed by atoms with van der Waals surface area (Å²) in [6.45, 7) is 7.48. The molecular weight excluding hydrogens is 496 g/mol. The number of aryl methyl sites for hydroxylation is 1. The first kappa shape index (κ1) is 24.4. The lowest BCUT2D eigenvalue weighted by Gasteiger charge is -2.24. The van der Waals surface area contributed by atoms with Gasteiger partial charge in [-0.3, -0.25) is 0 Å². The third-order valence-electron chi connectivity index (χ3n) is 5.79. The Balaban J connectivity index is 1.52. The number of hydrogen-bond acceptors (Lipinski definition) is 6. The fourth-order valence-corrected chi connectivity index (χ4v) is 5.07. The Labute approximate surface area is 218 Å². The Hall–Kier alpha value is -3.30. The molecule has 4 aromatic rings. The minimum absolute atomic E-state index is 0.483. The number of aromatic amines is 1. The summed E-state index contributed by atoms with van der Waals surface area (Å²) < 4.78 is 7.29. The average Bonchev–Trinajstić information content (AvgIpc) is 3.43. The van der Waals surface area contributed by atoms with Crippen LogP contribution in [0.25, 0.3) is 10.9 Å². The molecule has 8 nitrogen and oxygen atoms in total. The maximum absolute atomic E-state index is 12.8. The summed E-state index contributed by atoms with van der Waals surface area (Å²) in [7, 11) is 0. The minimum Gasteiger partial charge on any atom is -0.444 e. The van der Waals surface area contributed by atoms with Crippen LogP contribution in [0, 0.1) is 6.92 Å². The number of aromatic nitrogens is 4. The molecular formula is C26H27ClN6O2S. The molecule has 2 N–H and O–H groups in total. The zero-order valence-corrected chi connectivity index (χ0v) is 22.1. The molecule has 0 saturated heterocycles. The second-order valence-electron chi connectivity index (χ2n) is 9.71. The quantitative estimate of drug-likeness (QED) is 0.340. The average molecular weight is 523 g/mol. The van der Waals surface area contributed by atoms with Crippen molar-refractivity contribution in [2.45, 2.75) is 50.9 Å². The number of hydrogen-bond donors (Lipinski definition) is 2. The van der Waals surface area contributed by atoms with E-state index in [1.807, 2.05) is 70.3 Å². The molecule has 0 saturated carbocycles. The van der Waals surface area contributed by atoms with Crippen LogP contribution in [-0.2, 0) is 11.2 Å². The number of rotatable bonds is 5. The van der Waals surface area contributed by atoms with Gasteiger partial charge in [0.1, 0.15) is 5.60 Å². The third-order valence-corrected chi connectivity index (χ3v) is 7.14. The Morgan fingerprint density at radius 1 is 1.25 bits per heavy atom. The third kappa shape index (κ3) is 5.12. The van der Waals surface area contributed by atoms with Gasteiger partial charge in [0.25, 0.3) is 0 Å². The van der Waals surface area contributed by atoms with Crippen LogP contribution in [0.4, 0.5) is 4.79 Å². The molecule has 2 aromatic carbocycles. The molecule has 1 aliphatic rings. The molecule has 0 bridgehead atoms. The number of para-hydroxylation sites is 1. The van der Waals surface area contributed by atoms with Gasteiger partial charge in [-0.25, -0.2) is 4.79 Å². The van der Waals surface area contributed by atoms with Crippen molar-refractivity contribution in [3.8, 4) is 0 Å². The Morgan fingerprint density at radius 2 is 2.06 bits per heavy atom. The van der Waals surface area contributed by atoms with E-state index < -0.39 is 17.7 Å². The van der Waals surface area contributed by atoms with E-state index in [4.69, 9.17) is 21.4 Å². The van der Waals surface area contributed by atoms with E-state index in [2.05, 4.69) is 26.6 Å². The molecule has 0 fully saturated rings. The van der Waals surface area contributed by atoms with Gasteiger partial charge in [0.15, 0.2) is 5.82 Å². The number of alkyl carbamates (subject to hydrolysis) is 1. The highest BCUT2D eigenvalue weighted by Gasteiger charge is 2.29. The van der Waals surface area contributed by atoms with Crippen molar-refractivity contribution in [1.82, 2.24) is 25.2 Å². The molecule has 2 aromatic heterocycles. The predicted octanol–water partition coefficient (Wildman–Crippen LogP) is 5.89. The van der Waals surface area contributed by atoms with Gasteiger partial charge in [-0.05, 0) is 62.6 Å². The van der Waals surface area contributed by atoms with E-state index in [1.54, 1.807) is 16.4 Å². The van der Waals surface area contributed by atoms with Crippen molar-refractivity contribution in [1.29, 1.82) is 0 Å². The van der Waals surface area contributed by atoms with Crippen molar-refractivity contribution < 1.29 is 9.53 Å². The predicted molar refractivity (Wildman–Crippen MR) is 143 cm³/mol. The van der Waals surface area contributed by atoms with Crippen LogP contribution in [0.2, 0.25) is 5.02 Å². The number of fused-ring (bicyclic) bond motifs is 2. The zero-order chi connectivity index (χ0) is 25.4. The lowest BCUT2D eigenvalue weighted by atomic mass is 10.0. The monoisotopic (exact) mass is 522 g/mol. The van der Waals surface area contributed by atoms with Gasteiger partial charge in [-0.2, -0.15) is 9.78 Å². The summed E-state index contributed by atoms with van der Waals surface area (Å²) in [4.78, 5) is 16.1. The highest BCUT2D eigenvalue weighted by atomic mass is 35.5. The van der Waals surface area contributed by atoms with E-state index >= 15 is 0 Å². The van der Waals surface area contributed by atoms with Crippen LogP contribution in [0.15, 0.2) is 58.9 Å². The van der Waals surface area contributed by atoms with Crippen LogP contribution in [0.3, 0.4) is 0 Å². The summed E-state index contributed by atoms with van der Waals surface area (Å²) >= 11 is 7.78. The van der Waals surface area contributed by atoms with E-state index in [0.717, 1.165) is 33.3 Å². The van der Waals surface area contributed by atoms with Crippen molar-refractivity contribution in [2.75, 3.05) is 5.75 Å². The highest BCUT2D eigenvalue weighted by molar-refractivity contribution is 7.99. The number of nitrogens with one attached hydrogen (secondary N) is 2. The second-order valence-corrected chi connectivity index (χ2v) is 11.1. The normalized spacial score (nSPS) is 14.3. The fourth-order valence-electron chi connectivity index (χ4n) is 4.10. The fraction of sp³-hybridized carbons (Fsp3) is 0.308. The number of H-pyrrole nitrogens is 1. The molecule has 3 heterocycles. The molecule has 186 valence electrons. The van der Waals surface area contributed by atoms with Crippen LogP contribution in [0.5, 0.6) is 0 Å². The van der Waals surface area contributed by atoms with Gasteiger partial charge in [0.2, 0.25) is 5.16 Å². The van der Waals surface area contributed by atoms with Crippen LogP contribution >= 0.6 is 23.4 Å². The lowest BCUT2D eigenvalue weighted by Crippen LogP contribution is -2.37. The van der Waals surface area contributed by atoms with Crippen molar-refractivity contribution in [2.24, 2.45) is 5.10 Å². The molecule has 1 atom stereocenters. The Bertz CT molecular complexity index is 1470. The first-order valence-electron chi connectivity index (χ1n) is 11.6. The van der Waals surface area contributed by atoms with Gasteiger partial charge in [0, 0.05) is 34.3 Å². The standard InChI is InChI=1S/C26H27ClN6O2S/c1-15-11-16(9-10-19(15)27)22-14-36-24-31-30-23(33(24)32-22)21(29-25(34)35-26(2,3)4)12-17-13-28-20-8-6-5-7-18(17)20/h5-11,13,21,28H,12,14H2,1-4H3,(H,29,34). The molecule has 1 aliphatic heterocycles. The molecule has 36 heavy (non-hydrogen) atoms. The van der Waals surface area contributed by atoms with Crippen LogP contribution < -0.4 is 5.32 Å². The van der Waals surface area contributed by atoms with Gasteiger partial charge < -0.3 is 15.0 Å². The number of thioether (sulfide) groups is 1. The largest absolute Gasteiger partial charge is 0.444 e. The van der Waals surface area contributed by atoms with Gasteiger partial charge >= 0.3 is 6.09 Å². The van der Waals surface area contributed by atoms with Crippen molar-refractivity contribution in [3.63, 3.8) is 0 Å². The summed E-state index contributed by atoms with van der Waals surface area (Å²) in [6, 6.07) is 13.4. The molecule has 0 aliphatic carbocycles. The molecule has 1 unspecified atom stereocenters. The number of ether oxygens (including phenoxy) is 1. The lowest BCUT2D eigenvalue weighted by molar-refractivity contribution is 0.0500. The van der Waals surface area contributed by atoms with Gasteiger partial charge in [-0.15, -0.1) is 10.2 Å². The molecule has 10 heteroatoms. The number of carbonyl (C=O) groups is 1. The number of amides is 1. The minimum atomic E-state index is -0.632.